The van der Waals surface area contributed by atoms with Gasteiger partial charge in [0.05, 0.1) is 5.56 Å². The lowest BCUT2D eigenvalue weighted by molar-refractivity contribution is 0.0516. The fraction of sp³-hybridized carbons (Fsp3) is 0.345. The number of hydrogen-bond acceptors (Lipinski definition) is 3. The number of benzene rings is 3. The van der Waals surface area contributed by atoms with Crippen molar-refractivity contribution in [2.75, 3.05) is 13.9 Å². The molecule has 172 valence electrons. The van der Waals surface area contributed by atoms with E-state index in [1.807, 2.05) is 42.5 Å². The average Bonchev–Trinajstić information content (AvgIpc) is 2.80. The van der Waals surface area contributed by atoms with E-state index >= 15 is 0 Å². The van der Waals surface area contributed by atoms with E-state index in [0.717, 1.165) is 29.5 Å². The van der Waals surface area contributed by atoms with Gasteiger partial charge in [-0.25, -0.2) is 4.79 Å². The van der Waals surface area contributed by atoms with Crippen molar-refractivity contribution in [2.24, 2.45) is 0 Å². The fourth-order valence-electron chi connectivity index (χ4n) is 4.90. The van der Waals surface area contributed by atoms with Crippen molar-refractivity contribution in [1.29, 1.82) is 0 Å². The highest BCUT2D eigenvalue weighted by atomic mass is 16.7. The lowest BCUT2D eigenvalue weighted by Gasteiger charge is -2.42. The molecule has 0 saturated carbocycles. The standard InChI is InChI=1S/C29H32O4/c1-28(2)15-16-29(3,4)24-17-20(11-14-23(24)28)25-22(27(30)31)13-12-21(26(25)33-18-32-5)19-9-7-6-8-10-19/h6-14,17H,15-16,18H2,1-5H3,(H,30,31). The summed E-state index contributed by atoms with van der Waals surface area (Å²) in [6.45, 7) is 9.13. The first-order chi connectivity index (χ1) is 15.7. The zero-order valence-electron chi connectivity index (χ0n) is 20.1. The van der Waals surface area contributed by atoms with Crippen molar-refractivity contribution in [1.82, 2.24) is 0 Å². The second-order valence-corrected chi connectivity index (χ2v) is 10.1. The van der Waals surface area contributed by atoms with Crippen molar-refractivity contribution in [3.63, 3.8) is 0 Å². The molecule has 0 spiro atoms. The van der Waals surface area contributed by atoms with Crippen molar-refractivity contribution in [3.05, 3.63) is 77.4 Å². The maximum Gasteiger partial charge on any atom is 0.336 e. The number of methoxy groups -OCH3 is 1. The number of carboxylic acids is 1. The molecule has 3 aromatic rings. The number of aromatic carboxylic acids is 1. The minimum Gasteiger partial charge on any atom is -0.478 e. The molecular formula is C29H32O4. The third kappa shape index (κ3) is 4.28. The monoisotopic (exact) mass is 444 g/mol. The Morgan fingerprint density at radius 1 is 0.879 bits per heavy atom. The lowest BCUT2D eigenvalue weighted by atomic mass is 9.63. The van der Waals surface area contributed by atoms with Crippen LogP contribution in [0.3, 0.4) is 0 Å². The fourth-order valence-corrected chi connectivity index (χ4v) is 4.90. The molecule has 0 amide bonds. The van der Waals surface area contributed by atoms with Crippen LogP contribution in [0.4, 0.5) is 0 Å². The van der Waals surface area contributed by atoms with Crippen LogP contribution in [0.2, 0.25) is 0 Å². The molecule has 0 aromatic heterocycles. The highest BCUT2D eigenvalue weighted by Gasteiger charge is 2.37. The summed E-state index contributed by atoms with van der Waals surface area (Å²) in [5.74, 6) is -0.458. The Morgan fingerprint density at radius 3 is 2.18 bits per heavy atom. The first-order valence-corrected chi connectivity index (χ1v) is 11.4. The summed E-state index contributed by atoms with van der Waals surface area (Å²) >= 11 is 0. The van der Waals surface area contributed by atoms with Gasteiger partial charge in [-0.05, 0) is 58.1 Å². The minimum absolute atomic E-state index is 0.00877. The summed E-state index contributed by atoms with van der Waals surface area (Å²) in [6, 6.07) is 19.8. The van der Waals surface area contributed by atoms with Crippen LogP contribution in [-0.2, 0) is 15.6 Å². The summed E-state index contributed by atoms with van der Waals surface area (Å²) in [5, 5.41) is 10.1. The van der Waals surface area contributed by atoms with Crippen LogP contribution in [0.5, 0.6) is 5.75 Å². The first-order valence-electron chi connectivity index (χ1n) is 11.4. The van der Waals surface area contributed by atoms with E-state index in [-0.39, 0.29) is 23.2 Å². The molecule has 0 heterocycles. The van der Waals surface area contributed by atoms with E-state index < -0.39 is 5.97 Å². The van der Waals surface area contributed by atoms with E-state index in [1.54, 1.807) is 13.2 Å². The van der Waals surface area contributed by atoms with Gasteiger partial charge in [0, 0.05) is 18.2 Å². The molecule has 0 unspecified atom stereocenters. The second-order valence-electron chi connectivity index (χ2n) is 10.1. The number of ether oxygens (including phenoxy) is 2. The van der Waals surface area contributed by atoms with Crippen LogP contribution in [-0.4, -0.2) is 25.0 Å². The molecule has 33 heavy (non-hydrogen) atoms. The Balaban J connectivity index is 2.01. The highest BCUT2D eigenvalue weighted by molar-refractivity contribution is 6.00. The highest BCUT2D eigenvalue weighted by Crippen LogP contribution is 2.48. The molecule has 1 N–H and O–H groups in total. The maximum absolute atomic E-state index is 12.3. The summed E-state index contributed by atoms with van der Waals surface area (Å²) in [6.07, 6.45) is 2.21. The van der Waals surface area contributed by atoms with Crippen LogP contribution < -0.4 is 4.74 Å². The zero-order valence-corrected chi connectivity index (χ0v) is 20.1. The molecule has 4 nitrogen and oxygen atoms in total. The minimum atomic E-state index is -0.982. The number of carboxylic acid groups (broad SMARTS) is 1. The van der Waals surface area contributed by atoms with Crippen molar-refractivity contribution in [2.45, 2.75) is 51.4 Å². The van der Waals surface area contributed by atoms with E-state index in [9.17, 15) is 9.90 Å². The number of carbonyl (C=O) groups is 1. The molecule has 3 aromatic carbocycles. The van der Waals surface area contributed by atoms with Crippen LogP contribution in [0.1, 0.15) is 62.0 Å². The van der Waals surface area contributed by atoms with Crippen molar-refractivity contribution < 1.29 is 19.4 Å². The topological polar surface area (TPSA) is 55.8 Å². The quantitative estimate of drug-likeness (QED) is 0.414. The van der Waals surface area contributed by atoms with Crippen LogP contribution in [0.15, 0.2) is 60.7 Å². The van der Waals surface area contributed by atoms with Gasteiger partial charge in [0.25, 0.3) is 0 Å². The van der Waals surface area contributed by atoms with Crippen LogP contribution >= 0.6 is 0 Å². The van der Waals surface area contributed by atoms with Gasteiger partial charge in [-0.2, -0.15) is 0 Å². The predicted octanol–water partition coefficient (Wildman–Crippen LogP) is 7.05. The molecule has 0 atom stereocenters. The summed E-state index contributed by atoms with van der Waals surface area (Å²) in [5.41, 5.74) is 6.14. The second kappa shape index (κ2) is 8.68. The third-order valence-corrected chi connectivity index (χ3v) is 6.94. The number of hydrogen-bond donors (Lipinski definition) is 1. The van der Waals surface area contributed by atoms with Gasteiger partial charge in [-0.15, -0.1) is 0 Å². The zero-order chi connectivity index (χ0) is 23.8. The molecule has 1 aliphatic carbocycles. The van der Waals surface area contributed by atoms with E-state index in [2.05, 4.69) is 39.8 Å². The molecule has 4 rings (SSSR count). The molecular weight excluding hydrogens is 412 g/mol. The lowest BCUT2D eigenvalue weighted by Crippen LogP contribution is -2.33. The van der Waals surface area contributed by atoms with Gasteiger partial charge in [0.15, 0.2) is 6.79 Å². The van der Waals surface area contributed by atoms with Gasteiger partial charge < -0.3 is 14.6 Å². The van der Waals surface area contributed by atoms with Crippen LogP contribution in [0.25, 0.3) is 22.3 Å². The molecule has 0 saturated heterocycles. The Hall–Kier alpha value is -3.11. The summed E-state index contributed by atoms with van der Waals surface area (Å²) in [4.78, 5) is 12.3. The van der Waals surface area contributed by atoms with Gasteiger partial charge >= 0.3 is 5.97 Å². The van der Waals surface area contributed by atoms with Gasteiger partial charge in [0.2, 0.25) is 0 Å². The summed E-state index contributed by atoms with van der Waals surface area (Å²) in [7, 11) is 1.56. The van der Waals surface area contributed by atoms with Gasteiger partial charge in [-0.3, -0.25) is 0 Å². The maximum atomic E-state index is 12.3. The molecule has 0 radical (unpaired) electrons. The van der Waals surface area contributed by atoms with Crippen molar-refractivity contribution in [3.8, 4) is 28.0 Å². The smallest absolute Gasteiger partial charge is 0.336 e. The molecule has 0 bridgehead atoms. The van der Waals surface area contributed by atoms with Crippen molar-refractivity contribution >= 4 is 5.97 Å². The largest absolute Gasteiger partial charge is 0.478 e. The van der Waals surface area contributed by atoms with Crippen LogP contribution in [0, 0.1) is 0 Å². The van der Waals surface area contributed by atoms with Gasteiger partial charge in [0.1, 0.15) is 5.75 Å². The Kier molecular flexibility index (Phi) is 6.06. The summed E-state index contributed by atoms with van der Waals surface area (Å²) < 4.78 is 11.3. The average molecular weight is 445 g/mol. The SMILES string of the molecule is COCOc1c(-c2ccccc2)ccc(C(=O)O)c1-c1ccc2c(c1)C(C)(C)CCC2(C)C. The molecule has 1 aliphatic rings. The normalized spacial score (nSPS) is 16.2. The molecule has 0 aliphatic heterocycles. The number of fused-ring (bicyclic) bond motifs is 1. The Morgan fingerprint density at radius 2 is 1.55 bits per heavy atom. The molecule has 4 heteroatoms. The number of rotatable bonds is 6. The van der Waals surface area contributed by atoms with E-state index in [0.29, 0.717) is 11.3 Å². The predicted molar refractivity (Wildman–Crippen MR) is 132 cm³/mol. The molecule has 0 fully saturated rings. The van der Waals surface area contributed by atoms with E-state index in [4.69, 9.17) is 9.47 Å². The Bertz CT molecular complexity index is 1180. The van der Waals surface area contributed by atoms with Gasteiger partial charge in [-0.1, -0.05) is 76.2 Å². The van der Waals surface area contributed by atoms with E-state index in [1.165, 1.54) is 11.1 Å². The first kappa shape index (κ1) is 23.1. The third-order valence-electron chi connectivity index (χ3n) is 6.94. The Labute approximate surface area is 196 Å².